The summed E-state index contributed by atoms with van der Waals surface area (Å²) in [6, 6.07) is 0. The van der Waals surface area contributed by atoms with Crippen molar-refractivity contribution in [2.75, 3.05) is 34.0 Å². The Kier molecular flexibility index (Phi) is 6.16. The third-order valence-electron chi connectivity index (χ3n) is 1.84. The number of carbonyl (C=O) groups is 1. The fourth-order valence-corrected chi connectivity index (χ4v) is 0.920. The van der Waals surface area contributed by atoms with Crippen LogP contribution in [0.25, 0.3) is 0 Å². The number of hydrogen-bond donors (Lipinski definition) is 1. The summed E-state index contributed by atoms with van der Waals surface area (Å²) in [5, 5.41) is 8.94. The minimum atomic E-state index is -0.304. The minimum absolute atomic E-state index is 0.100. The van der Waals surface area contributed by atoms with Gasteiger partial charge in [-0.25, -0.2) is 4.79 Å². The molecule has 4 nitrogen and oxygen atoms in total. The molecule has 4 heteroatoms. The zero-order valence-electron chi connectivity index (χ0n) is 9.19. The summed E-state index contributed by atoms with van der Waals surface area (Å²) in [6.45, 7) is 3.07. The predicted octanol–water partition coefficient (Wildman–Crippen LogP) is 0.522. The second-order valence-electron chi connectivity index (χ2n) is 3.82. The SMILES string of the molecule is CC=CC(=O)OCCC[N+](C)(C)CO. The van der Waals surface area contributed by atoms with E-state index in [1.165, 1.54) is 6.08 Å². The number of carbonyl (C=O) groups excluding carboxylic acids is 1. The van der Waals surface area contributed by atoms with E-state index in [-0.39, 0.29) is 12.7 Å². The first-order valence-corrected chi connectivity index (χ1v) is 4.74. The van der Waals surface area contributed by atoms with Gasteiger partial charge < -0.3 is 14.3 Å². The highest BCUT2D eigenvalue weighted by atomic mass is 16.5. The average Bonchev–Trinajstić information content (AvgIpc) is 2.13. The summed E-state index contributed by atoms with van der Waals surface area (Å²) in [4.78, 5) is 10.9. The third-order valence-corrected chi connectivity index (χ3v) is 1.84. The number of rotatable bonds is 6. The summed E-state index contributed by atoms with van der Waals surface area (Å²) in [5.41, 5.74) is 0. The largest absolute Gasteiger partial charge is 0.462 e. The summed E-state index contributed by atoms with van der Waals surface area (Å²) >= 11 is 0. The number of ether oxygens (including phenoxy) is 1. The van der Waals surface area contributed by atoms with Crippen molar-refractivity contribution in [2.45, 2.75) is 13.3 Å². The Labute approximate surface area is 85.4 Å². The van der Waals surface area contributed by atoms with Gasteiger partial charge in [0.15, 0.2) is 6.73 Å². The van der Waals surface area contributed by atoms with Crippen molar-refractivity contribution in [2.24, 2.45) is 0 Å². The molecule has 0 heterocycles. The molecule has 0 spiro atoms. The average molecular weight is 202 g/mol. The summed E-state index contributed by atoms with van der Waals surface area (Å²) < 4.78 is 5.43. The van der Waals surface area contributed by atoms with Gasteiger partial charge in [-0.1, -0.05) is 6.08 Å². The van der Waals surface area contributed by atoms with Crippen LogP contribution in [0.3, 0.4) is 0 Å². The molecular formula is C10H20NO3+. The summed E-state index contributed by atoms with van der Waals surface area (Å²) in [6.07, 6.45) is 3.80. The van der Waals surface area contributed by atoms with Crippen LogP contribution in [0.15, 0.2) is 12.2 Å². The van der Waals surface area contributed by atoms with Crippen LogP contribution in [0.2, 0.25) is 0 Å². The number of aliphatic hydroxyl groups excluding tert-OH is 1. The number of hydrogen-bond acceptors (Lipinski definition) is 3. The lowest BCUT2D eigenvalue weighted by Gasteiger charge is -2.26. The van der Waals surface area contributed by atoms with Crippen LogP contribution in [0.5, 0.6) is 0 Å². The molecule has 0 radical (unpaired) electrons. The quantitative estimate of drug-likeness (QED) is 0.224. The van der Waals surface area contributed by atoms with Crippen molar-refractivity contribution in [1.82, 2.24) is 0 Å². The Bertz CT molecular complexity index is 200. The van der Waals surface area contributed by atoms with Crippen molar-refractivity contribution in [1.29, 1.82) is 0 Å². The molecule has 1 N–H and O–H groups in total. The van der Waals surface area contributed by atoms with Gasteiger partial charge in [0.05, 0.1) is 27.2 Å². The Morgan fingerprint density at radius 3 is 2.64 bits per heavy atom. The van der Waals surface area contributed by atoms with Gasteiger partial charge in [-0.2, -0.15) is 0 Å². The van der Waals surface area contributed by atoms with E-state index in [0.29, 0.717) is 11.1 Å². The molecule has 0 aliphatic rings. The van der Waals surface area contributed by atoms with Gasteiger partial charge in [0.2, 0.25) is 0 Å². The standard InChI is InChI=1S/C10H20NO3/c1-4-6-10(13)14-8-5-7-11(2,3)9-12/h4,6,12H,5,7-9H2,1-3H3/q+1. The topological polar surface area (TPSA) is 46.5 Å². The van der Waals surface area contributed by atoms with Crippen LogP contribution >= 0.6 is 0 Å². The Morgan fingerprint density at radius 2 is 2.14 bits per heavy atom. The first kappa shape index (κ1) is 13.1. The van der Waals surface area contributed by atoms with Crippen LogP contribution in [0.1, 0.15) is 13.3 Å². The number of allylic oxidation sites excluding steroid dienone is 1. The molecule has 0 aromatic carbocycles. The summed E-state index contributed by atoms with van der Waals surface area (Å²) in [7, 11) is 3.85. The van der Waals surface area contributed by atoms with E-state index in [4.69, 9.17) is 9.84 Å². The molecule has 0 aliphatic carbocycles. The third kappa shape index (κ3) is 6.62. The van der Waals surface area contributed by atoms with Gasteiger partial charge in [-0.15, -0.1) is 0 Å². The number of esters is 1. The lowest BCUT2D eigenvalue weighted by molar-refractivity contribution is -0.909. The van der Waals surface area contributed by atoms with E-state index in [2.05, 4.69) is 0 Å². The molecule has 0 atom stereocenters. The van der Waals surface area contributed by atoms with Crippen molar-refractivity contribution in [3.05, 3.63) is 12.2 Å². The van der Waals surface area contributed by atoms with Crippen molar-refractivity contribution in [3.8, 4) is 0 Å². The molecule has 0 aromatic heterocycles. The monoisotopic (exact) mass is 202 g/mol. The Morgan fingerprint density at radius 1 is 1.50 bits per heavy atom. The van der Waals surface area contributed by atoms with Gasteiger partial charge in [0.25, 0.3) is 0 Å². The zero-order valence-corrected chi connectivity index (χ0v) is 9.19. The highest BCUT2D eigenvalue weighted by Crippen LogP contribution is 1.97. The molecular weight excluding hydrogens is 182 g/mol. The van der Waals surface area contributed by atoms with Crippen molar-refractivity contribution >= 4 is 5.97 Å². The van der Waals surface area contributed by atoms with Crippen molar-refractivity contribution < 1.29 is 19.1 Å². The van der Waals surface area contributed by atoms with Gasteiger partial charge in [0.1, 0.15) is 0 Å². The second kappa shape index (κ2) is 6.56. The van der Waals surface area contributed by atoms with Crippen LogP contribution in [-0.2, 0) is 9.53 Å². The Balaban J connectivity index is 3.52. The molecule has 0 aromatic rings. The Hall–Kier alpha value is -0.870. The smallest absolute Gasteiger partial charge is 0.330 e. The van der Waals surface area contributed by atoms with Gasteiger partial charge in [-0.05, 0) is 6.92 Å². The molecule has 0 fully saturated rings. The van der Waals surface area contributed by atoms with Gasteiger partial charge in [0, 0.05) is 12.5 Å². The highest BCUT2D eigenvalue weighted by Gasteiger charge is 2.12. The molecule has 0 rings (SSSR count). The maximum atomic E-state index is 10.9. The normalized spacial score (nSPS) is 12.0. The van der Waals surface area contributed by atoms with Crippen LogP contribution < -0.4 is 0 Å². The predicted molar refractivity (Wildman–Crippen MR) is 54.5 cm³/mol. The minimum Gasteiger partial charge on any atom is -0.462 e. The molecule has 0 amide bonds. The zero-order chi connectivity index (χ0) is 11.0. The number of quaternary nitrogens is 1. The highest BCUT2D eigenvalue weighted by molar-refractivity contribution is 5.81. The molecule has 0 saturated heterocycles. The van der Waals surface area contributed by atoms with E-state index in [1.54, 1.807) is 13.0 Å². The lowest BCUT2D eigenvalue weighted by atomic mass is 10.4. The van der Waals surface area contributed by atoms with E-state index in [0.717, 1.165) is 13.0 Å². The molecule has 82 valence electrons. The van der Waals surface area contributed by atoms with E-state index >= 15 is 0 Å². The van der Waals surface area contributed by atoms with Crippen LogP contribution in [0.4, 0.5) is 0 Å². The van der Waals surface area contributed by atoms with Gasteiger partial charge in [-0.3, -0.25) is 0 Å². The fraction of sp³-hybridized carbons (Fsp3) is 0.700. The molecule has 14 heavy (non-hydrogen) atoms. The molecule has 0 saturated carbocycles. The second-order valence-corrected chi connectivity index (χ2v) is 3.82. The molecule has 0 aliphatic heterocycles. The lowest BCUT2D eigenvalue weighted by Crippen LogP contribution is -2.41. The molecule has 0 bridgehead atoms. The number of aliphatic hydroxyl groups is 1. The maximum absolute atomic E-state index is 10.9. The maximum Gasteiger partial charge on any atom is 0.330 e. The van der Waals surface area contributed by atoms with Gasteiger partial charge >= 0.3 is 5.97 Å². The first-order valence-electron chi connectivity index (χ1n) is 4.74. The molecule has 0 unspecified atom stereocenters. The fourth-order valence-electron chi connectivity index (χ4n) is 0.920. The van der Waals surface area contributed by atoms with Crippen LogP contribution in [-0.4, -0.2) is 49.5 Å². The van der Waals surface area contributed by atoms with Crippen LogP contribution in [0, 0.1) is 0 Å². The first-order chi connectivity index (χ1) is 6.52. The van der Waals surface area contributed by atoms with E-state index < -0.39 is 0 Å². The van der Waals surface area contributed by atoms with Crippen molar-refractivity contribution in [3.63, 3.8) is 0 Å². The van der Waals surface area contributed by atoms with E-state index in [9.17, 15) is 4.79 Å². The van der Waals surface area contributed by atoms with E-state index in [1.807, 2.05) is 14.1 Å². The number of nitrogens with zero attached hydrogens (tertiary/aromatic N) is 1. The summed E-state index contributed by atoms with van der Waals surface area (Å²) in [5.74, 6) is -0.304.